The number of carbonyl (C=O) groups excluding carboxylic acids is 1. The average Bonchev–Trinajstić information content (AvgIpc) is 3.07. The fourth-order valence-corrected chi connectivity index (χ4v) is 2.68. The molecule has 1 amide bonds. The van der Waals surface area contributed by atoms with Crippen LogP contribution in [0.5, 0.6) is 5.75 Å². The SMILES string of the molecule is Cc1ccc(C)c(NC(=O)c2ccc(COc3ccc(I)cc3)o2)c1. The number of halogens is 1. The molecule has 3 aromatic rings. The van der Waals surface area contributed by atoms with Crippen molar-refractivity contribution in [2.24, 2.45) is 0 Å². The van der Waals surface area contributed by atoms with Crippen LogP contribution in [0.25, 0.3) is 0 Å². The van der Waals surface area contributed by atoms with Gasteiger partial charge in [0.05, 0.1) is 0 Å². The summed E-state index contributed by atoms with van der Waals surface area (Å²) in [7, 11) is 0. The molecule has 0 aliphatic heterocycles. The van der Waals surface area contributed by atoms with E-state index in [9.17, 15) is 4.79 Å². The maximum absolute atomic E-state index is 12.4. The van der Waals surface area contributed by atoms with Crippen LogP contribution in [0.2, 0.25) is 0 Å². The van der Waals surface area contributed by atoms with Crippen molar-refractivity contribution in [3.05, 3.63) is 80.8 Å². The zero-order chi connectivity index (χ0) is 17.8. The minimum atomic E-state index is -0.269. The Morgan fingerprint density at radius 1 is 1.08 bits per heavy atom. The van der Waals surface area contributed by atoms with Gasteiger partial charge in [-0.25, -0.2) is 0 Å². The lowest BCUT2D eigenvalue weighted by Crippen LogP contribution is -2.12. The molecule has 0 aliphatic rings. The number of rotatable bonds is 5. The highest BCUT2D eigenvalue weighted by molar-refractivity contribution is 14.1. The Bertz CT molecular complexity index is 884. The first-order valence-corrected chi connectivity index (χ1v) is 8.95. The summed E-state index contributed by atoms with van der Waals surface area (Å²) in [4.78, 5) is 12.4. The van der Waals surface area contributed by atoms with E-state index in [2.05, 4.69) is 27.9 Å². The Morgan fingerprint density at radius 3 is 2.60 bits per heavy atom. The largest absolute Gasteiger partial charge is 0.486 e. The molecule has 0 aliphatic carbocycles. The summed E-state index contributed by atoms with van der Waals surface area (Å²) in [6.45, 7) is 4.22. The number of nitrogens with one attached hydrogen (secondary N) is 1. The minimum absolute atomic E-state index is 0.266. The van der Waals surface area contributed by atoms with E-state index >= 15 is 0 Å². The van der Waals surface area contributed by atoms with Gasteiger partial charge in [0.25, 0.3) is 5.91 Å². The fourth-order valence-electron chi connectivity index (χ4n) is 2.32. The van der Waals surface area contributed by atoms with Crippen molar-refractivity contribution in [2.45, 2.75) is 20.5 Å². The number of furan rings is 1. The Hall–Kier alpha value is -2.28. The van der Waals surface area contributed by atoms with Crippen molar-refractivity contribution < 1.29 is 13.9 Å². The third kappa shape index (κ3) is 4.63. The third-order valence-corrected chi connectivity index (χ3v) is 4.44. The summed E-state index contributed by atoms with van der Waals surface area (Å²) >= 11 is 2.24. The van der Waals surface area contributed by atoms with Gasteiger partial charge in [0, 0.05) is 9.26 Å². The molecule has 0 fully saturated rings. The molecule has 3 rings (SSSR count). The summed E-state index contributed by atoms with van der Waals surface area (Å²) in [5.41, 5.74) is 2.89. The second-order valence-corrected chi connectivity index (χ2v) is 7.03. The number of amides is 1. The molecule has 0 spiro atoms. The lowest BCUT2D eigenvalue weighted by Gasteiger charge is -2.08. The van der Waals surface area contributed by atoms with Crippen LogP contribution >= 0.6 is 22.6 Å². The number of carbonyl (C=O) groups is 1. The van der Waals surface area contributed by atoms with Crippen LogP contribution < -0.4 is 10.1 Å². The van der Waals surface area contributed by atoms with Crippen molar-refractivity contribution in [2.75, 3.05) is 5.32 Å². The Balaban J connectivity index is 1.63. The number of hydrogen-bond donors (Lipinski definition) is 1. The van der Waals surface area contributed by atoms with Gasteiger partial charge in [-0.1, -0.05) is 12.1 Å². The minimum Gasteiger partial charge on any atom is -0.486 e. The molecule has 4 nitrogen and oxygen atoms in total. The molecule has 1 aromatic heterocycles. The van der Waals surface area contributed by atoms with Gasteiger partial charge < -0.3 is 14.5 Å². The van der Waals surface area contributed by atoms with Crippen molar-refractivity contribution in [3.63, 3.8) is 0 Å². The molecule has 0 bridgehead atoms. The standard InChI is InChI=1S/C20H18INO3/c1-13-3-4-14(2)18(11-13)22-20(23)19-10-9-17(25-19)12-24-16-7-5-15(21)6-8-16/h3-11H,12H2,1-2H3,(H,22,23). The molecule has 0 atom stereocenters. The highest BCUT2D eigenvalue weighted by Gasteiger charge is 2.13. The van der Waals surface area contributed by atoms with E-state index in [4.69, 9.17) is 9.15 Å². The first-order valence-electron chi connectivity index (χ1n) is 7.87. The van der Waals surface area contributed by atoms with Crippen molar-refractivity contribution in [1.29, 1.82) is 0 Å². The normalized spacial score (nSPS) is 10.5. The maximum atomic E-state index is 12.4. The predicted molar refractivity (Wildman–Crippen MR) is 106 cm³/mol. The van der Waals surface area contributed by atoms with Crippen LogP contribution in [0.15, 0.2) is 59.0 Å². The number of benzene rings is 2. The number of ether oxygens (including phenoxy) is 1. The Morgan fingerprint density at radius 2 is 1.84 bits per heavy atom. The van der Waals surface area contributed by atoms with Crippen molar-refractivity contribution in [1.82, 2.24) is 0 Å². The van der Waals surface area contributed by atoms with Gasteiger partial charge in [0.1, 0.15) is 18.1 Å². The molecule has 128 valence electrons. The van der Waals surface area contributed by atoms with Gasteiger partial charge >= 0.3 is 0 Å². The van der Waals surface area contributed by atoms with Gasteiger partial charge in [0.15, 0.2) is 5.76 Å². The van der Waals surface area contributed by atoms with Crippen LogP contribution in [0.1, 0.15) is 27.4 Å². The monoisotopic (exact) mass is 447 g/mol. The van der Waals surface area contributed by atoms with Gasteiger partial charge in [-0.3, -0.25) is 4.79 Å². The zero-order valence-corrected chi connectivity index (χ0v) is 16.2. The highest BCUT2D eigenvalue weighted by atomic mass is 127. The van der Waals surface area contributed by atoms with E-state index in [0.717, 1.165) is 26.1 Å². The van der Waals surface area contributed by atoms with Crippen molar-refractivity contribution >= 4 is 34.2 Å². The first-order chi connectivity index (χ1) is 12.0. The van der Waals surface area contributed by atoms with Gasteiger partial charge in [-0.2, -0.15) is 0 Å². The quantitative estimate of drug-likeness (QED) is 0.538. The topological polar surface area (TPSA) is 51.5 Å². The molecule has 1 N–H and O–H groups in total. The predicted octanol–water partition coefficient (Wildman–Crippen LogP) is 5.33. The van der Waals surface area contributed by atoms with E-state index in [0.29, 0.717) is 5.76 Å². The molecule has 0 saturated heterocycles. The number of aryl methyl sites for hydroxylation is 2. The summed E-state index contributed by atoms with van der Waals surface area (Å²) in [6, 6.07) is 17.1. The van der Waals surface area contributed by atoms with E-state index in [1.807, 2.05) is 56.3 Å². The average molecular weight is 447 g/mol. The smallest absolute Gasteiger partial charge is 0.291 e. The zero-order valence-electron chi connectivity index (χ0n) is 14.0. The molecule has 5 heteroatoms. The molecule has 0 radical (unpaired) electrons. The molecule has 0 saturated carbocycles. The van der Waals surface area contributed by atoms with Crippen molar-refractivity contribution in [3.8, 4) is 5.75 Å². The lowest BCUT2D eigenvalue weighted by atomic mass is 10.1. The maximum Gasteiger partial charge on any atom is 0.291 e. The summed E-state index contributed by atoms with van der Waals surface area (Å²) in [6.07, 6.45) is 0. The van der Waals surface area contributed by atoms with E-state index < -0.39 is 0 Å². The second-order valence-electron chi connectivity index (χ2n) is 5.78. The molecule has 0 unspecified atom stereocenters. The van der Waals surface area contributed by atoms with Crippen LogP contribution in [0.4, 0.5) is 5.69 Å². The van der Waals surface area contributed by atoms with E-state index in [1.54, 1.807) is 12.1 Å². The first kappa shape index (κ1) is 17.5. The fraction of sp³-hybridized carbons (Fsp3) is 0.150. The van der Waals surface area contributed by atoms with Crippen LogP contribution in [-0.2, 0) is 6.61 Å². The van der Waals surface area contributed by atoms with E-state index in [-0.39, 0.29) is 18.3 Å². The van der Waals surface area contributed by atoms with Crippen LogP contribution in [0, 0.1) is 17.4 Å². The molecular weight excluding hydrogens is 429 g/mol. The van der Waals surface area contributed by atoms with Crippen LogP contribution in [-0.4, -0.2) is 5.91 Å². The van der Waals surface area contributed by atoms with Crippen LogP contribution in [0.3, 0.4) is 0 Å². The molecule has 25 heavy (non-hydrogen) atoms. The Labute approximate surface area is 160 Å². The number of hydrogen-bond acceptors (Lipinski definition) is 3. The third-order valence-electron chi connectivity index (χ3n) is 3.72. The summed E-state index contributed by atoms with van der Waals surface area (Å²) < 4.78 is 12.4. The number of anilines is 1. The summed E-state index contributed by atoms with van der Waals surface area (Å²) in [5, 5.41) is 2.89. The molecular formula is C20H18INO3. The Kier molecular flexibility index (Phi) is 5.43. The summed E-state index contributed by atoms with van der Waals surface area (Å²) in [5.74, 6) is 1.36. The highest BCUT2D eigenvalue weighted by Crippen LogP contribution is 2.19. The second kappa shape index (κ2) is 7.74. The van der Waals surface area contributed by atoms with Gasteiger partial charge in [-0.05, 0) is 90.0 Å². The lowest BCUT2D eigenvalue weighted by molar-refractivity contribution is 0.0992. The van der Waals surface area contributed by atoms with Gasteiger partial charge in [-0.15, -0.1) is 0 Å². The van der Waals surface area contributed by atoms with E-state index in [1.165, 1.54) is 0 Å². The molecule has 1 heterocycles. The molecule has 2 aromatic carbocycles. The van der Waals surface area contributed by atoms with Gasteiger partial charge in [0.2, 0.25) is 0 Å².